The van der Waals surface area contributed by atoms with Crippen LogP contribution < -0.4 is 15.6 Å². The maximum atomic E-state index is 12.3. The second-order valence-corrected chi connectivity index (χ2v) is 8.92. The average molecular weight is 383 g/mol. The first-order valence-electron chi connectivity index (χ1n) is 8.48. The molecule has 0 aromatic heterocycles. The molecule has 3 N–H and O–H groups in total. The molecule has 1 aromatic rings. The van der Waals surface area contributed by atoms with Gasteiger partial charge in [-0.3, -0.25) is 10.2 Å². The molecule has 1 aromatic carbocycles. The van der Waals surface area contributed by atoms with E-state index < -0.39 is 27.6 Å². The highest BCUT2D eigenvalue weighted by Gasteiger charge is 2.23. The van der Waals surface area contributed by atoms with Crippen LogP contribution in [0.3, 0.4) is 0 Å². The fourth-order valence-corrected chi connectivity index (χ4v) is 3.91. The van der Waals surface area contributed by atoms with E-state index in [0.29, 0.717) is 0 Å². The van der Waals surface area contributed by atoms with Crippen LogP contribution >= 0.6 is 0 Å². The van der Waals surface area contributed by atoms with Crippen LogP contribution in [0.2, 0.25) is 0 Å². The van der Waals surface area contributed by atoms with Crippen molar-refractivity contribution in [3.8, 4) is 0 Å². The van der Waals surface area contributed by atoms with Gasteiger partial charge >= 0.3 is 6.09 Å². The summed E-state index contributed by atoms with van der Waals surface area (Å²) >= 11 is 0. The molecule has 26 heavy (non-hydrogen) atoms. The predicted octanol–water partition coefficient (Wildman–Crippen LogP) is 2.08. The summed E-state index contributed by atoms with van der Waals surface area (Å²) in [6, 6.07) is 5.46. The van der Waals surface area contributed by atoms with Gasteiger partial charge in [-0.15, -0.1) is 0 Å². The highest BCUT2D eigenvalue weighted by Crippen LogP contribution is 2.20. The van der Waals surface area contributed by atoms with E-state index in [0.717, 1.165) is 25.7 Å². The first kappa shape index (κ1) is 20.2. The van der Waals surface area contributed by atoms with Gasteiger partial charge in [-0.2, -0.15) is 0 Å². The number of amides is 2. The van der Waals surface area contributed by atoms with Gasteiger partial charge in [-0.05, 0) is 57.9 Å². The summed E-state index contributed by atoms with van der Waals surface area (Å²) in [6.45, 7) is 5.10. The van der Waals surface area contributed by atoms with Gasteiger partial charge in [-0.1, -0.05) is 12.8 Å². The standard InChI is InChI=1S/C17H25N3O5S/c1-17(2,3)25-16(22)19-18-15(21)12-8-10-14(11-9-12)26(23,24)20-13-6-4-5-7-13/h8-11,13,20H,4-7H2,1-3H3,(H,18,21)(H,19,22). The first-order chi connectivity index (χ1) is 12.1. The van der Waals surface area contributed by atoms with Crippen molar-refractivity contribution in [2.45, 2.75) is 63.0 Å². The Morgan fingerprint density at radius 3 is 2.15 bits per heavy atom. The van der Waals surface area contributed by atoms with Gasteiger partial charge in [0.05, 0.1) is 4.90 Å². The van der Waals surface area contributed by atoms with Crippen LogP contribution in [0.15, 0.2) is 29.2 Å². The predicted molar refractivity (Wildman–Crippen MR) is 95.9 cm³/mol. The average Bonchev–Trinajstić information content (AvgIpc) is 3.03. The molecular weight excluding hydrogens is 358 g/mol. The first-order valence-corrected chi connectivity index (χ1v) is 9.97. The van der Waals surface area contributed by atoms with E-state index in [1.165, 1.54) is 24.3 Å². The van der Waals surface area contributed by atoms with Crippen LogP contribution in [0.4, 0.5) is 4.79 Å². The zero-order valence-electron chi connectivity index (χ0n) is 15.2. The lowest BCUT2D eigenvalue weighted by Crippen LogP contribution is -2.44. The van der Waals surface area contributed by atoms with Crippen LogP contribution in [0.1, 0.15) is 56.8 Å². The Kier molecular flexibility index (Phi) is 6.25. The molecule has 0 radical (unpaired) electrons. The number of sulfonamides is 1. The van der Waals surface area contributed by atoms with Gasteiger partial charge in [0, 0.05) is 11.6 Å². The number of rotatable bonds is 4. The third-order valence-corrected chi connectivity index (χ3v) is 5.32. The molecule has 0 atom stereocenters. The third kappa shape index (κ3) is 5.99. The Bertz CT molecular complexity index is 748. The molecule has 2 rings (SSSR count). The van der Waals surface area contributed by atoms with Crippen molar-refractivity contribution in [2.75, 3.05) is 0 Å². The SMILES string of the molecule is CC(C)(C)OC(=O)NNC(=O)c1ccc(S(=O)(=O)NC2CCCC2)cc1. The molecule has 9 heteroatoms. The monoisotopic (exact) mass is 383 g/mol. The summed E-state index contributed by atoms with van der Waals surface area (Å²) in [5.41, 5.74) is 3.87. The summed E-state index contributed by atoms with van der Waals surface area (Å²) < 4.78 is 32.3. The van der Waals surface area contributed by atoms with Gasteiger partial charge < -0.3 is 4.74 Å². The largest absolute Gasteiger partial charge is 0.443 e. The minimum absolute atomic E-state index is 0.0268. The Morgan fingerprint density at radius 2 is 1.62 bits per heavy atom. The Hall–Kier alpha value is -2.13. The molecule has 8 nitrogen and oxygen atoms in total. The molecular formula is C17H25N3O5S. The lowest BCUT2D eigenvalue weighted by Gasteiger charge is -2.19. The van der Waals surface area contributed by atoms with E-state index in [-0.39, 0.29) is 16.5 Å². The van der Waals surface area contributed by atoms with Crippen molar-refractivity contribution >= 4 is 22.0 Å². The molecule has 1 aliphatic carbocycles. The second kappa shape index (κ2) is 8.05. The van der Waals surface area contributed by atoms with E-state index in [1.807, 2.05) is 0 Å². The highest BCUT2D eigenvalue weighted by atomic mass is 32.2. The Labute approximate surface area is 153 Å². The molecule has 1 fully saturated rings. The number of carbonyl (C=O) groups excluding carboxylic acids is 2. The van der Waals surface area contributed by atoms with Gasteiger partial charge in [0.25, 0.3) is 5.91 Å². The van der Waals surface area contributed by atoms with Crippen molar-refractivity contribution in [1.82, 2.24) is 15.6 Å². The summed E-state index contributed by atoms with van der Waals surface area (Å²) in [5, 5.41) is 0. The third-order valence-electron chi connectivity index (χ3n) is 3.78. The maximum Gasteiger partial charge on any atom is 0.426 e. The lowest BCUT2D eigenvalue weighted by molar-refractivity contribution is 0.0483. The van der Waals surface area contributed by atoms with Crippen LogP contribution in [0.25, 0.3) is 0 Å². The minimum Gasteiger partial charge on any atom is -0.443 e. The smallest absolute Gasteiger partial charge is 0.426 e. The summed E-state index contributed by atoms with van der Waals surface area (Å²) in [7, 11) is -3.60. The van der Waals surface area contributed by atoms with Gasteiger partial charge in [0.1, 0.15) is 5.60 Å². The van der Waals surface area contributed by atoms with Crippen molar-refractivity contribution in [2.24, 2.45) is 0 Å². The number of hydrazine groups is 1. The number of ether oxygens (including phenoxy) is 1. The van der Waals surface area contributed by atoms with Crippen LogP contribution in [-0.4, -0.2) is 32.1 Å². The zero-order valence-corrected chi connectivity index (χ0v) is 16.0. The van der Waals surface area contributed by atoms with E-state index in [1.54, 1.807) is 20.8 Å². The van der Waals surface area contributed by atoms with E-state index in [2.05, 4.69) is 15.6 Å². The maximum absolute atomic E-state index is 12.3. The van der Waals surface area contributed by atoms with Crippen LogP contribution in [-0.2, 0) is 14.8 Å². The molecule has 0 heterocycles. The molecule has 0 saturated heterocycles. The van der Waals surface area contributed by atoms with Crippen molar-refractivity contribution in [1.29, 1.82) is 0 Å². The molecule has 1 aliphatic rings. The number of hydrogen-bond donors (Lipinski definition) is 3. The molecule has 0 aliphatic heterocycles. The minimum atomic E-state index is -3.60. The normalized spacial score (nSPS) is 15.5. The zero-order chi connectivity index (χ0) is 19.4. The van der Waals surface area contributed by atoms with Gasteiger partial charge in [-0.25, -0.2) is 23.4 Å². The molecule has 0 spiro atoms. The molecule has 0 bridgehead atoms. The molecule has 2 amide bonds. The number of nitrogens with one attached hydrogen (secondary N) is 3. The second-order valence-electron chi connectivity index (χ2n) is 7.21. The van der Waals surface area contributed by atoms with E-state index >= 15 is 0 Å². The van der Waals surface area contributed by atoms with E-state index in [9.17, 15) is 18.0 Å². The lowest BCUT2D eigenvalue weighted by atomic mass is 10.2. The molecule has 1 saturated carbocycles. The number of benzene rings is 1. The summed E-state index contributed by atoms with van der Waals surface area (Å²) in [4.78, 5) is 23.6. The van der Waals surface area contributed by atoms with Crippen molar-refractivity contribution < 1.29 is 22.7 Å². The van der Waals surface area contributed by atoms with Gasteiger partial charge in [0.15, 0.2) is 0 Å². The summed E-state index contributed by atoms with van der Waals surface area (Å²) in [5.74, 6) is -0.580. The highest BCUT2D eigenvalue weighted by molar-refractivity contribution is 7.89. The van der Waals surface area contributed by atoms with Crippen LogP contribution in [0, 0.1) is 0 Å². The molecule has 144 valence electrons. The van der Waals surface area contributed by atoms with Crippen LogP contribution in [0.5, 0.6) is 0 Å². The van der Waals surface area contributed by atoms with E-state index in [4.69, 9.17) is 4.74 Å². The van der Waals surface area contributed by atoms with Gasteiger partial charge in [0.2, 0.25) is 10.0 Å². The fourth-order valence-electron chi connectivity index (χ4n) is 2.60. The summed E-state index contributed by atoms with van der Waals surface area (Å²) in [6.07, 6.45) is 2.95. The number of carbonyl (C=O) groups is 2. The quantitative estimate of drug-likeness (QED) is 0.689. The molecule has 0 unspecified atom stereocenters. The Balaban J connectivity index is 1.93. The topological polar surface area (TPSA) is 114 Å². The van der Waals surface area contributed by atoms with Crippen molar-refractivity contribution in [3.63, 3.8) is 0 Å². The fraction of sp³-hybridized carbons (Fsp3) is 0.529. The number of hydrogen-bond acceptors (Lipinski definition) is 5. The van der Waals surface area contributed by atoms with Crippen molar-refractivity contribution in [3.05, 3.63) is 29.8 Å². The Morgan fingerprint density at radius 1 is 1.04 bits per heavy atom.